The maximum absolute atomic E-state index is 11.3. The Kier molecular flexibility index (Phi) is 5.93. The van der Waals surface area contributed by atoms with E-state index in [9.17, 15) is 4.79 Å². The maximum Gasteiger partial charge on any atom is 0.372 e. The molecule has 0 amide bonds. The summed E-state index contributed by atoms with van der Waals surface area (Å²) >= 11 is 1.11. The van der Waals surface area contributed by atoms with Crippen molar-refractivity contribution in [3.63, 3.8) is 0 Å². The molecule has 0 aliphatic rings. The highest BCUT2D eigenvalue weighted by Gasteiger charge is 2.04. The number of hydrogen-bond acceptors (Lipinski definition) is 3. The van der Waals surface area contributed by atoms with Gasteiger partial charge < -0.3 is 4.74 Å². The molecule has 0 aliphatic carbocycles. The second-order valence-corrected chi connectivity index (χ2v) is 4.10. The number of carbonyl (C=O) groups excluding carboxylic acids is 1. The number of hydrogen-bond donors (Lipinski definition) is 0. The van der Waals surface area contributed by atoms with Gasteiger partial charge in [0.25, 0.3) is 0 Å². The minimum atomic E-state index is -0.266. The normalized spacial score (nSPS) is 9.93. The summed E-state index contributed by atoms with van der Waals surface area (Å²) in [4.78, 5) is 12.2. The van der Waals surface area contributed by atoms with Crippen LogP contribution in [0.3, 0.4) is 0 Å². The summed E-state index contributed by atoms with van der Waals surface area (Å²) in [6.07, 6.45) is 3.00. The minimum Gasteiger partial charge on any atom is -0.450 e. The summed E-state index contributed by atoms with van der Waals surface area (Å²) in [7, 11) is 0. The molecule has 0 unspecified atom stereocenters. The van der Waals surface area contributed by atoms with Crippen molar-refractivity contribution in [1.82, 2.24) is 0 Å². The van der Waals surface area contributed by atoms with Crippen LogP contribution in [0.25, 0.3) is 0 Å². The molecule has 1 aromatic rings. The van der Waals surface area contributed by atoms with Crippen molar-refractivity contribution < 1.29 is 9.53 Å². The van der Waals surface area contributed by atoms with Crippen molar-refractivity contribution in [2.24, 2.45) is 0 Å². The molecule has 3 heteroatoms. The molecule has 1 rings (SSSR count). The van der Waals surface area contributed by atoms with Crippen molar-refractivity contribution in [2.75, 3.05) is 0 Å². The first-order valence-electron chi connectivity index (χ1n) is 5.08. The number of ether oxygens (including phenoxy) is 1. The molecule has 0 aliphatic heterocycles. The molecule has 0 aromatic heterocycles. The van der Waals surface area contributed by atoms with Gasteiger partial charge in [0, 0.05) is 4.90 Å². The highest BCUT2D eigenvalue weighted by molar-refractivity contribution is 8.13. The Morgan fingerprint density at radius 3 is 2.80 bits per heavy atom. The fraction of sp³-hybridized carbons (Fsp3) is 0.333. The van der Waals surface area contributed by atoms with Gasteiger partial charge in [0.15, 0.2) is 0 Å². The van der Waals surface area contributed by atoms with E-state index in [0.717, 1.165) is 35.9 Å². The molecular formula is C12H15O2S. The van der Waals surface area contributed by atoms with Crippen LogP contribution in [0.5, 0.6) is 0 Å². The van der Waals surface area contributed by atoms with Gasteiger partial charge in [-0.15, -0.1) is 0 Å². The Hall–Kier alpha value is -0.960. The van der Waals surface area contributed by atoms with Gasteiger partial charge in [0.05, 0.1) is 0 Å². The fourth-order valence-corrected chi connectivity index (χ4v) is 1.63. The fourth-order valence-electron chi connectivity index (χ4n) is 1.02. The van der Waals surface area contributed by atoms with Crippen molar-refractivity contribution in [3.8, 4) is 0 Å². The molecule has 0 N–H and O–H groups in total. The predicted octanol–water partition coefficient (Wildman–Crippen LogP) is 4.27. The molecule has 0 bridgehead atoms. The summed E-state index contributed by atoms with van der Waals surface area (Å²) in [5, 5.41) is -0.266. The van der Waals surface area contributed by atoms with Gasteiger partial charge >= 0.3 is 5.30 Å². The highest BCUT2D eigenvalue weighted by atomic mass is 32.2. The second kappa shape index (κ2) is 7.35. The molecule has 0 heterocycles. The molecule has 1 aromatic carbocycles. The summed E-state index contributed by atoms with van der Waals surface area (Å²) < 4.78 is 4.95. The topological polar surface area (TPSA) is 26.3 Å². The summed E-state index contributed by atoms with van der Waals surface area (Å²) in [6.45, 7) is 3.69. The monoisotopic (exact) mass is 223 g/mol. The lowest BCUT2D eigenvalue weighted by Crippen LogP contribution is -1.94. The average Bonchev–Trinajstić information content (AvgIpc) is 2.26. The van der Waals surface area contributed by atoms with Crippen LogP contribution in [0, 0.1) is 6.61 Å². The third-order valence-electron chi connectivity index (χ3n) is 1.80. The highest BCUT2D eigenvalue weighted by Crippen LogP contribution is 2.20. The van der Waals surface area contributed by atoms with Crippen LogP contribution in [-0.2, 0) is 4.74 Å². The molecule has 0 saturated heterocycles. The Morgan fingerprint density at radius 1 is 1.40 bits per heavy atom. The minimum absolute atomic E-state index is 0.266. The zero-order valence-electron chi connectivity index (χ0n) is 8.81. The molecule has 0 spiro atoms. The Balaban J connectivity index is 2.19. The van der Waals surface area contributed by atoms with Crippen molar-refractivity contribution in [2.45, 2.75) is 31.1 Å². The second-order valence-electron chi connectivity index (χ2n) is 3.09. The number of unbranched alkanes of at least 4 members (excludes halogenated alkanes) is 2. The zero-order chi connectivity index (χ0) is 10.9. The number of benzene rings is 1. The van der Waals surface area contributed by atoms with Crippen molar-refractivity contribution in [1.29, 1.82) is 0 Å². The van der Waals surface area contributed by atoms with Crippen molar-refractivity contribution >= 4 is 17.1 Å². The SMILES string of the molecule is CCCC[CH]OC(=O)Sc1ccccc1. The van der Waals surface area contributed by atoms with E-state index < -0.39 is 0 Å². The molecule has 0 fully saturated rings. The largest absolute Gasteiger partial charge is 0.450 e. The molecule has 0 saturated carbocycles. The lowest BCUT2D eigenvalue weighted by Gasteiger charge is -2.02. The maximum atomic E-state index is 11.3. The van der Waals surface area contributed by atoms with E-state index in [1.165, 1.54) is 0 Å². The number of thioether (sulfide) groups is 1. The molecular weight excluding hydrogens is 208 g/mol. The number of rotatable bonds is 5. The lowest BCUT2D eigenvalue weighted by atomic mass is 10.3. The van der Waals surface area contributed by atoms with E-state index in [1.807, 2.05) is 30.3 Å². The Morgan fingerprint density at radius 2 is 2.13 bits per heavy atom. The quantitative estimate of drug-likeness (QED) is 0.423. The molecule has 15 heavy (non-hydrogen) atoms. The van der Waals surface area contributed by atoms with Crippen LogP contribution in [0.4, 0.5) is 4.79 Å². The third-order valence-corrected chi connectivity index (χ3v) is 2.57. The summed E-state index contributed by atoms with van der Waals surface area (Å²) in [5.74, 6) is 0. The average molecular weight is 223 g/mol. The van der Waals surface area contributed by atoms with Gasteiger partial charge in [-0.3, -0.25) is 0 Å². The first-order valence-corrected chi connectivity index (χ1v) is 5.89. The Labute approximate surface area is 95.0 Å². The van der Waals surface area contributed by atoms with Gasteiger partial charge in [0.1, 0.15) is 6.61 Å². The van der Waals surface area contributed by atoms with E-state index >= 15 is 0 Å². The smallest absolute Gasteiger partial charge is 0.372 e. The number of carbonyl (C=O) groups is 1. The van der Waals surface area contributed by atoms with Crippen LogP contribution < -0.4 is 0 Å². The molecule has 0 atom stereocenters. The van der Waals surface area contributed by atoms with Gasteiger partial charge in [-0.25, -0.2) is 4.79 Å². The summed E-state index contributed by atoms with van der Waals surface area (Å²) in [6, 6.07) is 9.49. The Bertz CT molecular complexity index is 285. The predicted molar refractivity (Wildman–Crippen MR) is 62.6 cm³/mol. The molecule has 1 radical (unpaired) electrons. The molecule has 81 valence electrons. The van der Waals surface area contributed by atoms with Crippen LogP contribution in [0.2, 0.25) is 0 Å². The van der Waals surface area contributed by atoms with Crippen LogP contribution in [0.1, 0.15) is 26.2 Å². The van der Waals surface area contributed by atoms with Crippen LogP contribution in [-0.4, -0.2) is 5.30 Å². The summed E-state index contributed by atoms with van der Waals surface area (Å²) in [5.41, 5.74) is 0. The first-order chi connectivity index (χ1) is 7.33. The van der Waals surface area contributed by atoms with Crippen LogP contribution in [0.15, 0.2) is 35.2 Å². The van der Waals surface area contributed by atoms with E-state index in [4.69, 9.17) is 4.74 Å². The van der Waals surface area contributed by atoms with Gasteiger partial charge in [0.2, 0.25) is 0 Å². The first kappa shape index (κ1) is 12.1. The van der Waals surface area contributed by atoms with Gasteiger partial charge in [-0.05, 0) is 36.7 Å². The van der Waals surface area contributed by atoms with E-state index in [2.05, 4.69) is 6.92 Å². The lowest BCUT2D eigenvalue weighted by molar-refractivity contribution is 0.197. The van der Waals surface area contributed by atoms with Crippen molar-refractivity contribution in [3.05, 3.63) is 36.9 Å². The van der Waals surface area contributed by atoms with E-state index in [1.54, 1.807) is 6.61 Å². The third kappa shape index (κ3) is 5.47. The van der Waals surface area contributed by atoms with Gasteiger partial charge in [-0.2, -0.15) is 0 Å². The zero-order valence-corrected chi connectivity index (χ0v) is 9.63. The van der Waals surface area contributed by atoms with Gasteiger partial charge in [-0.1, -0.05) is 31.5 Å². The van der Waals surface area contributed by atoms with Crippen LogP contribution >= 0.6 is 11.8 Å². The molecule has 2 nitrogen and oxygen atoms in total. The van der Waals surface area contributed by atoms with E-state index in [0.29, 0.717) is 0 Å². The standard InChI is InChI=1S/C12H15O2S/c1-2-3-7-10-14-12(13)15-11-8-5-4-6-9-11/h4-6,8-10H,2-3,7H2,1H3. The van der Waals surface area contributed by atoms with E-state index in [-0.39, 0.29) is 5.30 Å².